The lowest BCUT2D eigenvalue weighted by Crippen LogP contribution is -2.50. The van der Waals surface area contributed by atoms with Crippen molar-refractivity contribution < 1.29 is 4.74 Å². The molecule has 0 spiro atoms. The van der Waals surface area contributed by atoms with Crippen molar-refractivity contribution in [1.82, 2.24) is 4.90 Å². The maximum Gasteiger partial charge on any atom is 0.123 e. The third-order valence-corrected chi connectivity index (χ3v) is 3.90. The van der Waals surface area contributed by atoms with Gasteiger partial charge in [0.25, 0.3) is 0 Å². The van der Waals surface area contributed by atoms with Gasteiger partial charge in [0.15, 0.2) is 0 Å². The van der Waals surface area contributed by atoms with E-state index in [4.69, 9.17) is 10.5 Å². The van der Waals surface area contributed by atoms with Crippen molar-refractivity contribution in [2.45, 2.75) is 39.3 Å². The van der Waals surface area contributed by atoms with Gasteiger partial charge in [-0.25, -0.2) is 0 Å². The number of nitrogens with zero attached hydrogens (tertiary/aromatic N) is 1. The first-order valence-corrected chi connectivity index (χ1v) is 6.68. The van der Waals surface area contributed by atoms with Crippen LogP contribution in [0.5, 0.6) is 5.75 Å². The molecule has 0 bridgehead atoms. The summed E-state index contributed by atoms with van der Waals surface area (Å²) in [5, 5.41) is 0. The normalized spacial score (nSPS) is 14.6. The van der Waals surface area contributed by atoms with Crippen LogP contribution in [0.15, 0.2) is 24.3 Å². The van der Waals surface area contributed by atoms with Crippen molar-refractivity contribution in [3.63, 3.8) is 0 Å². The summed E-state index contributed by atoms with van der Waals surface area (Å²) < 4.78 is 5.41. The number of hydrogen-bond acceptors (Lipinski definition) is 3. The average Bonchev–Trinajstić information content (AvgIpc) is 2.44. The van der Waals surface area contributed by atoms with E-state index >= 15 is 0 Å². The lowest BCUT2D eigenvalue weighted by molar-refractivity contribution is 0.103. The molecule has 0 aliphatic heterocycles. The van der Waals surface area contributed by atoms with Crippen molar-refractivity contribution in [3.8, 4) is 5.75 Å². The molecule has 102 valence electrons. The van der Waals surface area contributed by atoms with Gasteiger partial charge in [-0.2, -0.15) is 0 Å². The van der Waals surface area contributed by atoms with Crippen LogP contribution in [0.25, 0.3) is 0 Å². The maximum atomic E-state index is 5.95. The summed E-state index contributed by atoms with van der Waals surface area (Å²) >= 11 is 0. The summed E-state index contributed by atoms with van der Waals surface area (Å²) in [5.41, 5.74) is 7.21. The Bertz CT molecular complexity index is 361. The number of methoxy groups -OCH3 is 1. The Morgan fingerprint density at radius 3 is 2.44 bits per heavy atom. The van der Waals surface area contributed by atoms with Crippen LogP contribution in [0.4, 0.5) is 0 Å². The fourth-order valence-electron chi connectivity index (χ4n) is 2.22. The van der Waals surface area contributed by atoms with Gasteiger partial charge in [0.1, 0.15) is 5.75 Å². The van der Waals surface area contributed by atoms with Crippen molar-refractivity contribution in [1.29, 1.82) is 0 Å². The number of rotatable bonds is 7. The molecule has 0 aromatic heterocycles. The number of hydrogen-bond donors (Lipinski definition) is 1. The third-order valence-electron chi connectivity index (χ3n) is 3.90. The molecule has 0 heterocycles. The molecule has 1 aromatic carbocycles. The Kier molecular flexibility index (Phi) is 5.63. The van der Waals surface area contributed by atoms with Crippen LogP contribution in [0.3, 0.4) is 0 Å². The first-order valence-electron chi connectivity index (χ1n) is 6.68. The highest BCUT2D eigenvalue weighted by molar-refractivity contribution is 5.33. The van der Waals surface area contributed by atoms with E-state index in [1.807, 2.05) is 12.1 Å². The van der Waals surface area contributed by atoms with Crippen LogP contribution in [0.1, 0.15) is 32.8 Å². The zero-order valence-corrected chi connectivity index (χ0v) is 12.1. The van der Waals surface area contributed by atoms with E-state index in [-0.39, 0.29) is 5.54 Å². The second kappa shape index (κ2) is 6.76. The van der Waals surface area contributed by atoms with E-state index in [2.05, 4.69) is 37.8 Å². The van der Waals surface area contributed by atoms with Crippen LogP contribution < -0.4 is 10.5 Å². The van der Waals surface area contributed by atoms with E-state index in [0.29, 0.717) is 6.54 Å². The molecule has 18 heavy (non-hydrogen) atoms. The highest BCUT2D eigenvalue weighted by atomic mass is 16.5. The molecule has 0 aliphatic rings. The molecule has 3 heteroatoms. The Hall–Kier alpha value is -1.06. The standard InChI is InChI=1S/C15H26N2O/c1-5-15(3,12-16)17(6-2)11-13-9-7-8-10-14(13)18-4/h7-10H,5-6,11-12,16H2,1-4H3. The maximum absolute atomic E-state index is 5.95. The third kappa shape index (κ3) is 3.24. The molecule has 1 rings (SSSR count). The van der Waals surface area contributed by atoms with Crippen molar-refractivity contribution in [2.75, 3.05) is 20.2 Å². The second-order valence-corrected chi connectivity index (χ2v) is 4.88. The Morgan fingerprint density at radius 1 is 1.28 bits per heavy atom. The van der Waals surface area contributed by atoms with Crippen LogP contribution in [0.2, 0.25) is 0 Å². The Morgan fingerprint density at radius 2 is 1.94 bits per heavy atom. The number of ether oxygens (including phenoxy) is 1. The molecule has 0 saturated heterocycles. The minimum atomic E-state index is 0.0512. The first kappa shape index (κ1) is 15.0. The van der Waals surface area contributed by atoms with E-state index < -0.39 is 0 Å². The van der Waals surface area contributed by atoms with Gasteiger partial charge in [0.05, 0.1) is 7.11 Å². The molecule has 1 atom stereocenters. The highest BCUT2D eigenvalue weighted by Gasteiger charge is 2.27. The zero-order valence-electron chi connectivity index (χ0n) is 12.1. The van der Waals surface area contributed by atoms with Crippen molar-refractivity contribution >= 4 is 0 Å². The topological polar surface area (TPSA) is 38.5 Å². The molecule has 0 fully saturated rings. The van der Waals surface area contributed by atoms with Crippen molar-refractivity contribution in [2.24, 2.45) is 5.73 Å². The molecule has 0 amide bonds. The summed E-state index contributed by atoms with van der Waals surface area (Å²) in [7, 11) is 1.72. The predicted molar refractivity (Wildman–Crippen MR) is 76.8 cm³/mol. The summed E-state index contributed by atoms with van der Waals surface area (Å²) in [4.78, 5) is 2.42. The van der Waals surface area contributed by atoms with E-state index in [1.54, 1.807) is 7.11 Å². The average molecular weight is 250 g/mol. The van der Waals surface area contributed by atoms with Crippen LogP contribution in [-0.2, 0) is 6.54 Å². The van der Waals surface area contributed by atoms with Gasteiger partial charge in [-0.05, 0) is 26.0 Å². The fraction of sp³-hybridized carbons (Fsp3) is 0.600. The summed E-state index contributed by atoms with van der Waals surface area (Å²) in [5.74, 6) is 0.950. The lowest BCUT2D eigenvalue weighted by Gasteiger charge is -2.39. The van der Waals surface area contributed by atoms with Gasteiger partial charge in [0, 0.05) is 24.2 Å². The number of nitrogens with two attached hydrogens (primary N) is 1. The fourth-order valence-corrected chi connectivity index (χ4v) is 2.22. The summed E-state index contributed by atoms with van der Waals surface area (Å²) in [6.07, 6.45) is 1.05. The van der Waals surface area contributed by atoms with Gasteiger partial charge in [-0.15, -0.1) is 0 Å². The number of benzene rings is 1. The molecule has 0 aliphatic carbocycles. The van der Waals surface area contributed by atoms with Crippen LogP contribution in [-0.4, -0.2) is 30.6 Å². The lowest BCUT2D eigenvalue weighted by atomic mass is 9.95. The molecule has 3 nitrogen and oxygen atoms in total. The zero-order chi connectivity index (χ0) is 13.6. The summed E-state index contributed by atoms with van der Waals surface area (Å²) in [6, 6.07) is 8.18. The minimum Gasteiger partial charge on any atom is -0.496 e. The van der Waals surface area contributed by atoms with Gasteiger partial charge >= 0.3 is 0 Å². The monoisotopic (exact) mass is 250 g/mol. The number of likely N-dealkylation sites (N-methyl/N-ethyl adjacent to an activating group) is 1. The predicted octanol–water partition coefficient (Wildman–Crippen LogP) is 2.64. The number of para-hydroxylation sites is 1. The van der Waals surface area contributed by atoms with Crippen LogP contribution >= 0.6 is 0 Å². The SMILES string of the molecule is CCN(Cc1ccccc1OC)C(C)(CC)CN. The highest BCUT2D eigenvalue weighted by Crippen LogP contribution is 2.25. The molecular formula is C15H26N2O. The second-order valence-electron chi connectivity index (χ2n) is 4.88. The molecule has 1 unspecified atom stereocenters. The van der Waals surface area contributed by atoms with E-state index in [0.717, 1.165) is 25.3 Å². The molecule has 1 aromatic rings. The van der Waals surface area contributed by atoms with Gasteiger partial charge < -0.3 is 10.5 Å². The smallest absolute Gasteiger partial charge is 0.123 e. The van der Waals surface area contributed by atoms with Gasteiger partial charge in [-0.3, -0.25) is 4.90 Å². The largest absolute Gasteiger partial charge is 0.496 e. The van der Waals surface area contributed by atoms with Gasteiger partial charge in [0.2, 0.25) is 0 Å². The quantitative estimate of drug-likeness (QED) is 0.808. The Labute approximate surface area is 111 Å². The minimum absolute atomic E-state index is 0.0512. The molecule has 0 radical (unpaired) electrons. The Balaban J connectivity index is 2.92. The molecular weight excluding hydrogens is 224 g/mol. The molecule has 0 saturated carbocycles. The van der Waals surface area contributed by atoms with E-state index in [1.165, 1.54) is 5.56 Å². The van der Waals surface area contributed by atoms with E-state index in [9.17, 15) is 0 Å². The summed E-state index contributed by atoms with van der Waals surface area (Å²) in [6.45, 7) is 9.14. The molecule has 2 N–H and O–H groups in total. The first-order chi connectivity index (χ1) is 8.61. The van der Waals surface area contributed by atoms with Gasteiger partial charge in [-0.1, -0.05) is 32.0 Å². The van der Waals surface area contributed by atoms with Crippen molar-refractivity contribution in [3.05, 3.63) is 29.8 Å². The van der Waals surface area contributed by atoms with Crippen LogP contribution in [0, 0.1) is 0 Å².